The van der Waals surface area contributed by atoms with E-state index in [2.05, 4.69) is 0 Å². The van der Waals surface area contributed by atoms with Crippen LogP contribution >= 0.6 is 22.9 Å². The standard InChI is InChI=1S/C26H22ClN3O2S/c1-17-21(27)12-13-22-24(17)28-26(33-22)30(15-18-8-4-2-5-9-18)25(32)19-14-23(31)29(16-19)20-10-6-3-7-11-20/h2-13,19H,14-16H2,1H3. The summed E-state index contributed by atoms with van der Waals surface area (Å²) in [7, 11) is 0. The van der Waals surface area contributed by atoms with Crippen LogP contribution in [0.15, 0.2) is 72.8 Å². The maximum absolute atomic E-state index is 13.8. The van der Waals surface area contributed by atoms with Gasteiger partial charge in [-0.1, -0.05) is 71.5 Å². The van der Waals surface area contributed by atoms with Gasteiger partial charge >= 0.3 is 0 Å². The van der Waals surface area contributed by atoms with Crippen LogP contribution in [-0.2, 0) is 16.1 Å². The summed E-state index contributed by atoms with van der Waals surface area (Å²) in [4.78, 5) is 34.8. The third-order valence-corrected chi connectivity index (χ3v) is 7.41. The number of anilines is 2. The van der Waals surface area contributed by atoms with Crippen LogP contribution in [0, 0.1) is 12.8 Å². The van der Waals surface area contributed by atoms with Crippen molar-refractivity contribution in [3.63, 3.8) is 0 Å². The monoisotopic (exact) mass is 475 g/mol. The second-order valence-electron chi connectivity index (χ2n) is 8.17. The topological polar surface area (TPSA) is 53.5 Å². The number of carbonyl (C=O) groups is 2. The molecule has 1 aliphatic heterocycles. The molecule has 4 aromatic rings. The van der Waals surface area contributed by atoms with Gasteiger partial charge in [0.15, 0.2) is 5.13 Å². The molecule has 7 heteroatoms. The van der Waals surface area contributed by atoms with Gasteiger partial charge in [-0.3, -0.25) is 14.5 Å². The van der Waals surface area contributed by atoms with Crippen molar-refractivity contribution >= 4 is 55.8 Å². The maximum Gasteiger partial charge on any atom is 0.234 e. The van der Waals surface area contributed by atoms with E-state index in [0.717, 1.165) is 27.0 Å². The molecule has 33 heavy (non-hydrogen) atoms. The number of fused-ring (bicyclic) bond motifs is 1. The molecule has 3 aromatic carbocycles. The molecule has 0 N–H and O–H groups in total. The first-order valence-corrected chi connectivity index (χ1v) is 12.0. The summed E-state index contributed by atoms with van der Waals surface area (Å²) in [6.07, 6.45) is 0.189. The van der Waals surface area contributed by atoms with Gasteiger partial charge in [0.2, 0.25) is 11.8 Å². The Morgan fingerprint density at radius 3 is 2.52 bits per heavy atom. The molecule has 0 bridgehead atoms. The van der Waals surface area contributed by atoms with Gasteiger partial charge in [0, 0.05) is 23.7 Å². The molecule has 1 aromatic heterocycles. The summed E-state index contributed by atoms with van der Waals surface area (Å²) in [5.41, 5.74) is 3.53. The number of rotatable bonds is 5. The Labute approximate surface area is 201 Å². The first kappa shape index (κ1) is 21.6. The largest absolute Gasteiger partial charge is 0.312 e. The molecular formula is C26H22ClN3O2S. The Morgan fingerprint density at radius 1 is 1.09 bits per heavy atom. The summed E-state index contributed by atoms with van der Waals surface area (Å²) in [6.45, 7) is 2.69. The fourth-order valence-corrected chi connectivity index (χ4v) is 5.34. The quantitative estimate of drug-likeness (QED) is 0.364. The van der Waals surface area contributed by atoms with E-state index in [-0.39, 0.29) is 18.2 Å². The molecule has 0 spiro atoms. The fourth-order valence-electron chi connectivity index (χ4n) is 4.16. The number of nitrogens with zero attached hydrogens (tertiary/aromatic N) is 3. The van der Waals surface area contributed by atoms with E-state index < -0.39 is 5.92 Å². The first-order valence-electron chi connectivity index (χ1n) is 10.8. The number of aromatic nitrogens is 1. The highest BCUT2D eigenvalue weighted by molar-refractivity contribution is 7.22. The van der Waals surface area contributed by atoms with Crippen LogP contribution < -0.4 is 9.80 Å². The van der Waals surface area contributed by atoms with Gasteiger partial charge in [-0.25, -0.2) is 4.98 Å². The molecule has 0 saturated carbocycles. The number of thiazole rings is 1. The lowest BCUT2D eigenvalue weighted by atomic mass is 10.1. The summed E-state index contributed by atoms with van der Waals surface area (Å²) in [5.74, 6) is -0.558. The Morgan fingerprint density at radius 2 is 1.79 bits per heavy atom. The van der Waals surface area contributed by atoms with Gasteiger partial charge in [-0.2, -0.15) is 0 Å². The summed E-state index contributed by atoms with van der Waals surface area (Å²) in [6, 6.07) is 23.1. The number of para-hydroxylation sites is 1. The summed E-state index contributed by atoms with van der Waals surface area (Å²) < 4.78 is 0.978. The highest BCUT2D eigenvalue weighted by Crippen LogP contribution is 2.36. The first-order chi connectivity index (χ1) is 16.0. The maximum atomic E-state index is 13.8. The summed E-state index contributed by atoms with van der Waals surface area (Å²) >= 11 is 7.77. The molecule has 1 atom stereocenters. The number of benzene rings is 3. The van der Waals surface area contributed by atoms with E-state index in [4.69, 9.17) is 16.6 Å². The molecule has 0 radical (unpaired) electrons. The van der Waals surface area contributed by atoms with Crippen LogP contribution in [0.5, 0.6) is 0 Å². The van der Waals surface area contributed by atoms with Gasteiger partial charge in [0.05, 0.1) is 22.7 Å². The highest BCUT2D eigenvalue weighted by atomic mass is 35.5. The van der Waals surface area contributed by atoms with Crippen LogP contribution in [0.25, 0.3) is 10.2 Å². The fraction of sp³-hybridized carbons (Fsp3) is 0.192. The van der Waals surface area contributed by atoms with Crippen molar-refractivity contribution in [2.75, 3.05) is 16.3 Å². The van der Waals surface area contributed by atoms with Gasteiger partial charge in [-0.05, 0) is 42.3 Å². The minimum Gasteiger partial charge on any atom is -0.312 e. The predicted molar refractivity (Wildman–Crippen MR) is 134 cm³/mol. The van der Waals surface area contributed by atoms with Crippen molar-refractivity contribution in [1.29, 1.82) is 0 Å². The van der Waals surface area contributed by atoms with E-state index in [1.165, 1.54) is 11.3 Å². The van der Waals surface area contributed by atoms with Crippen molar-refractivity contribution in [3.8, 4) is 0 Å². The Kier molecular flexibility index (Phi) is 5.87. The van der Waals surface area contributed by atoms with Crippen LogP contribution in [0.1, 0.15) is 17.5 Å². The molecule has 2 heterocycles. The van der Waals surface area contributed by atoms with E-state index in [9.17, 15) is 9.59 Å². The molecule has 2 amide bonds. The van der Waals surface area contributed by atoms with Crippen LogP contribution in [-0.4, -0.2) is 23.3 Å². The van der Waals surface area contributed by atoms with Crippen molar-refractivity contribution in [2.45, 2.75) is 19.9 Å². The number of amides is 2. The third kappa shape index (κ3) is 4.24. The zero-order valence-corrected chi connectivity index (χ0v) is 19.6. The molecular weight excluding hydrogens is 454 g/mol. The second kappa shape index (κ2) is 8.96. The lowest BCUT2D eigenvalue weighted by Gasteiger charge is -2.23. The van der Waals surface area contributed by atoms with E-state index in [1.807, 2.05) is 79.7 Å². The van der Waals surface area contributed by atoms with E-state index in [0.29, 0.717) is 23.2 Å². The SMILES string of the molecule is Cc1c(Cl)ccc2sc(N(Cc3ccccc3)C(=O)C3CC(=O)N(c4ccccc4)C3)nc12. The number of hydrogen-bond acceptors (Lipinski definition) is 4. The number of carbonyl (C=O) groups excluding carboxylic acids is 2. The molecule has 5 rings (SSSR count). The van der Waals surface area contributed by atoms with Gasteiger partial charge in [0.25, 0.3) is 0 Å². The minimum absolute atomic E-state index is 0.0360. The lowest BCUT2D eigenvalue weighted by Crippen LogP contribution is -2.37. The third-order valence-electron chi connectivity index (χ3n) is 5.96. The summed E-state index contributed by atoms with van der Waals surface area (Å²) in [5, 5.41) is 1.27. The highest BCUT2D eigenvalue weighted by Gasteiger charge is 2.38. The number of aryl methyl sites for hydroxylation is 1. The Balaban J connectivity index is 1.49. The van der Waals surface area contributed by atoms with Crippen molar-refractivity contribution < 1.29 is 9.59 Å². The minimum atomic E-state index is -0.432. The smallest absolute Gasteiger partial charge is 0.234 e. The van der Waals surface area contributed by atoms with Crippen LogP contribution in [0.4, 0.5) is 10.8 Å². The molecule has 166 valence electrons. The Hall–Kier alpha value is -3.22. The molecule has 0 aliphatic carbocycles. The van der Waals surface area contributed by atoms with Gasteiger partial charge < -0.3 is 4.90 Å². The van der Waals surface area contributed by atoms with Gasteiger partial charge in [-0.15, -0.1) is 0 Å². The molecule has 1 unspecified atom stereocenters. The zero-order valence-electron chi connectivity index (χ0n) is 18.1. The van der Waals surface area contributed by atoms with E-state index >= 15 is 0 Å². The molecule has 5 nitrogen and oxygen atoms in total. The molecule has 1 aliphatic rings. The van der Waals surface area contributed by atoms with E-state index in [1.54, 1.807) is 9.80 Å². The number of halogens is 1. The second-order valence-corrected chi connectivity index (χ2v) is 9.58. The predicted octanol–water partition coefficient (Wildman–Crippen LogP) is 5.84. The van der Waals surface area contributed by atoms with Gasteiger partial charge in [0.1, 0.15) is 0 Å². The lowest BCUT2D eigenvalue weighted by molar-refractivity contribution is -0.124. The van der Waals surface area contributed by atoms with Crippen molar-refractivity contribution in [1.82, 2.24) is 4.98 Å². The Bertz CT molecular complexity index is 1320. The van der Waals surface area contributed by atoms with Crippen LogP contribution in [0.2, 0.25) is 5.02 Å². The molecule has 1 saturated heterocycles. The average Bonchev–Trinajstić information content (AvgIpc) is 3.45. The normalized spacial score (nSPS) is 15.9. The zero-order chi connectivity index (χ0) is 22.9. The van der Waals surface area contributed by atoms with Crippen molar-refractivity contribution in [2.24, 2.45) is 5.92 Å². The number of hydrogen-bond donors (Lipinski definition) is 0. The average molecular weight is 476 g/mol. The van der Waals surface area contributed by atoms with Crippen LogP contribution in [0.3, 0.4) is 0 Å². The van der Waals surface area contributed by atoms with Crippen molar-refractivity contribution in [3.05, 3.63) is 88.9 Å². The molecule has 1 fully saturated rings.